The molecule has 0 aliphatic heterocycles. The van der Waals surface area contributed by atoms with Gasteiger partial charge < -0.3 is 32.2 Å². The average Bonchev–Trinajstić information content (AvgIpc) is 2.72. The molecule has 0 aliphatic carbocycles. The first-order valence-electron chi connectivity index (χ1n) is 8.51. The quantitative estimate of drug-likeness (QED) is 0.0961. The minimum Gasteiger partial charge on any atom is -0.663 e. The van der Waals surface area contributed by atoms with Gasteiger partial charge in [-0.25, -0.2) is 0 Å². The Hall–Kier alpha value is -2.92. The van der Waals surface area contributed by atoms with Gasteiger partial charge in [-0.15, -0.1) is 0 Å². The maximum Gasteiger partial charge on any atom is 0.500 e. The van der Waals surface area contributed by atoms with Crippen molar-refractivity contribution in [1.82, 2.24) is 0 Å². The molecule has 0 amide bonds. The summed E-state index contributed by atoms with van der Waals surface area (Å²) in [5, 5.41) is 11.4. The Bertz CT molecular complexity index is 636. The van der Waals surface area contributed by atoms with Crippen molar-refractivity contribution in [3.8, 4) is 17.2 Å². The summed E-state index contributed by atoms with van der Waals surface area (Å²) in [6, 6.07) is 1.88. The molecule has 12 heteroatoms. The van der Waals surface area contributed by atoms with Gasteiger partial charge in [0, 0.05) is 34.0 Å². The molecule has 29 heavy (non-hydrogen) atoms. The van der Waals surface area contributed by atoms with Crippen LogP contribution in [0.15, 0.2) is 6.07 Å². The van der Waals surface area contributed by atoms with Crippen molar-refractivity contribution in [2.45, 2.75) is 25.5 Å². The van der Waals surface area contributed by atoms with Crippen LogP contribution in [0.1, 0.15) is 18.4 Å². The van der Waals surface area contributed by atoms with E-state index in [4.69, 9.17) is 32.2 Å². The summed E-state index contributed by atoms with van der Waals surface area (Å²) in [7, 11) is 8.18. The summed E-state index contributed by atoms with van der Waals surface area (Å²) in [6.07, 6.45) is 1.47. The Kier molecular flexibility index (Phi) is 11.3. The predicted molar refractivity (Wildman–Crippen MR) is 103 cm³/mol. The average molecular weight is 685 g/mol. The molecule has 1 aromatic rings. The molecule has 0 bridgehead atoms. The standard InChI is InChI=1S/C17H28NO9Si.Rf/c1-21-15-11-14(18(19)20)13(16(22-2)17(15)23-3)12-27-9-7-8-10-28(24-4,25-5)26-6;/h11H,1,7-10,12H2,2-6H3;/q-1;. The molecule has 1 rings (SSSR count). The van der Waals surface area contributed by atoms with Crippen molar-refractivity contribution in [3.05, 3.63) is 28.9 Å². The van der Waals surface area contributed by atoms with Gasteiger partial charge in [-0.3, -0.25) is 10.1 Å². The zero-order chi connectivity index (χ0) is 21.2. The molecule has 10 nitrogen and oxygen atoms in total. The van der Waals surface area contributed by atoms with Crippen LogP contribution in [0.2, 0.25) is 6.04 Å². The molecule has 0 fully saturated rings. The predicted octanol–water partition coefficient (Wildman–Crippen LogP) is 2.96. The fraction of sp³-hybridized carbons (Fsp3) is 0.588. The number of hydrogen-bond acceptors (Lipinski definition) is 9. The van der Waals surface area contributed by atoms with E-state index < -0.39 is 13.7 Å². The number of hydrogen-bond donors (Lipinski definition) is 0. The summed E-state index contributed by atoms with van der Waals surface area (Å²) in [6.45, 7) is 0.368. The van der Waals surface area contributed by atoms with Crippen molar-refractivity contribution in [2.75, 3.05) is 42.2 Å². The minimum absolute atomic E-state index is 0. The van der Waals surface area contributed by atoms with Crippen LogP contribution in [-0.2, 0) is 24.6 Å². The maximum atomic E-state index is 11.4. The minimum atomic E-state index is -2.60. The third kappa shape index (κ3) is 6.29. The van der Waals surface area contributed by atoms with Crippen molar-refractivity contribution >= 4 is 14.5 Å². The van der Waals surface area contributed by atoms with Gasteiger partial charge in [0.05, 0.1) is 31.8 Å². The topological polar surface area (TPSA) is 108 Å². The van der Waals surface area contributed by atoms with Gasteiger partial charge in [0.1, 0.15) is 11.3 Å². The SMILES string of the molecule is [CH2-]Oc1cc([N+](=O)[O-])c(COCCCC[Si](OC)(OC)OC)c(OC)c1OC.[Rf]. The van der Waals surface area contributed by atoms with Crippen LogP contribution >= 0.6 is 0 Å². The second-order valence-corrected chi connectivity index (χ2v) is 8.74. The summed E-state index contributed by atoms with van der Waals surface area (Å²) < 4.78 is 37.2. The van der Waals surface area contributed by atoms with Crippen molar-refractivity contribution < 1.29 is 37.1 Å². The fourth-order valence-electron chi connectivity index (χ4n) is 2.74. The summed E-state index contributed by atoms with van der Waals surface area (Å²) >= 11 is 0. The Morgan fingerprint density at radius 3 is 2.07 bits per heavy atom. The fourth-order valence-corrected chi connectivity index (χ4v) is 4.53. The normalized spacial score (nSPS) is 11.0. The first-order chi connectivity index (χ1) is 13.4. The van der Waals surface area contributed by atoms with Gasteiger partial charge >= 0.3 is 8.80 Å². The van der Waals surface area contributed by atoms with E-state index in [-0.39, 0.29) is 35.1 Å². The van der Waals surface area contributed by atoms with E-state index >= 15 is 0 Å². The molecular weight excluding hydrogens is 657 g/mol. The summed E-state index contributed by atoms with van der Waals surface area (Å²) in [5.74, 6) is 0.507. The smallest absolute Gasteiger partial charge is 0.500 e. The van der Waals surface area contributed by atoms with Crippen LogP contribution in [0.25, 0.3) is 0 Å². The van der Waals surface area contributed by atoms with E-state index in [1.165, 1.54) is 20.3 Å². The largest absolute Gasteiger partial charge is 0.663 e. The van der Waals surface area contributed by atoms with Gasteiger partial charge in [-0.1, -0.05) is 0 Å². The van der Waals surface area contributed by atoms with Crippen LogP contribution < -0.4 is 14.2 Å². The second-order valence-electron chi connectivity index (χ2n) is 5.65. The number of rotatable bonds is 14. The van der Waals surface area contributed by atoms with E-state index in [2.05, 4.69) is 7.11 Å². The number of nitrogens with zero attached hydrogens (tertiary/aromatic N) is 1. The molecule has 1 aromatic carbocycles. The van der Waals surface area contributed by atoms with Crippen LogP contribution in [-0.4, -0.2) is 55.9 Å². The first-order valence-corrected chi connectivity index (χ1v) is 10.4. The molecule has 0 saturated carbocycles. The third-order valence-corrected chi connectivity index (χ3v) is 7.07. The van der Waals surface area contributed by atoms with Crippen LogP contribution in [0, 0.1) is 17.2 Å². The van der Waals surface area contributed by atoms with Crippen LogP contribution in [0.5, 0.6) is 17.2 Å². The van der Waals surface area contributed by atoms with E-state index in [0.29, 0.717) is 19.1 Å². The molecule has 0 heterocycles. The molecule has 0 aromatic heterocycles. The van der Waals surface area contributed by atoms with E-state index in [9.17, 15) is 10.1 Å². The van der Waals surface area contributed by atoms with Crippen molar-refractivity contribution in [2.24, 2.45) is 0 Å². The van der Waals surface area contributed by atoms with Gasteiger partial charge in [-0.05, 0) is 12.8 Å². The molecule has 0 aliphatic rings. The van der Waals surface area contributed by atoms with Crippen molar-refractivity contribution in [1.29, 1.82) is 0 Å². The number of unbranched alkanes of at least 4 members (excludes halogenated alkanes) is 1. The number of methoxy groups -OCH3 is 2. The third-order valence-electron chi connectivity index (χ3n) is 4.24. The Labute approximate surface area is 166 Å². The van der Waals surface area contributed by atoms with Gasteiger partial charge in [-0.2, -0.15) is 7.11 Å². The van der Waals surface area contributed by atoms with Gasteiger partial charge in [0.25, 0.3) is 5.69 Å². The molecule has 0 radical (unpaired) electrons. The van der Waals surface area contributed by atoms with Crippen LogP contribution in [0.4, 0.5) is 5.69 Å². The summed E-state index contributed by atoms with van der Waals surface area (Å²) in [5.41, 5.74) is 0.0698. The number of nitro groups is 1. The molecule has 0 atom stereocenters. The molecule has 0 unspecified atom stereocenters. The van der Waals surface area contributed by atoms with Gasteiger partial charge in [0.15, 0.2) is 5.75 Å². The molecule has 0 N–H and O–H groups in total. The molecule has 0 spiro atoms. The molecule has 162 valence electrons. The van der Waals surface area contributed by atoms with E-state index in [1.807, 2.05) is 0 Å². The number of ether oxygens (including phenoxy) is 4. The zero-order valence-electron chi connectivity index (χ0n) is 17.6. The molecule has 0 saturated heterocycles. The van der Waals surface area contributed by atoms with Crippen molar-refractivity contribution in [3.63, 3.8) is 0 Å². The maximum absolute atomic E-state index is 11.4. The van der Waals surface area contributed by atoms with Gasteiger partial charge in [0.2, 0.25) is 5.75 Å². The first kappa shape index (κ1) is 26.1. The number of nitro benzene ring substituents is 1. The zero-order valence-corrected chi connectivity index (χ0v) is 25.0. The number of benzene rings is 1. The summed E-state index contributed by atoms with van der Waals surface area (Å²) in [4.78, 5) is 10.9. The van der Waals surface area contributed by atoms with E-state index in [0.717, 1.165) is 6.42 Å². The monoisotopic (exact) mass is 685 g/mol. The Morgan fingerprint density at radius 1 is 1.03 bits per heavy atom. The Morgan fingerprint density at radius 2 is 1.62 bits per heavy atom. The van der Waals surface area contributed by atoms with E-state index in [1.54, 1.807) is 21.3 Å². The van der Waals surface area contributed by atoms with Crippen LogP contribution in [0.3, 0.4) is 0 Å². The Balaban J connectivity index is 0.00000784. The second kappa shape index (κ2) is 12.5. The molecular formula is C17H28NO9RfSi-.